The third-order valence-electron chi connectivity index (χ3n) is 4.96. The Morgan fingerprint density at radius 2 is 1.62 bits per heavy atom. The van der Waals surface area contributed by atoms with Crippen LogP contribution in [0.25, 0.3) is 22.8 Å². The zero-order valence-corrected chi connectivity index (χ0v) is 14.7. The van der Waals surface area contributed by atoms with E-state index in [4.69, 9.17) is 4.42 Å². The summed E-state index contributed by atoms with van der Waals surface area (Å²) >= 11 is 0. The van der Waals surface area contributed by atoms with E-state index in [1.807, 2.05) is 13.0 Å². The van der Waals surface area contributed by atoms with Crippen molar-refractivity contribution >= 4 is 11.6 Å². The van der Waals surface area contributed by atoms with Crippen LogP contribution in [0.4, 0.5) is 0 Å². The molecule has 0 fully saturated rings. The zero-order chi connectivity index (χ0) is 16.8. The van der Waals surface area contributed by atoms with Crippen molar-refractivity contribution < 1.29 is 4.42 Å². The van der Waals surface area contributed by atoms with E-state index in [9.17, 15) is 0 Å². The van der Waals surface area contributed by atoms with E-state index in [0.29, 0.717) is 0 Å². The average molecular weight is 314 g/mol. The molecule has 0 radical (unpaired) electrons. The van der Waals surface area contributed by atoms with Gasteiger partial charge in [0.15, 0.2) is 0 Å². The van der Waals surface area contributed by atoms with E-state index in [2.05, 4.69) is 63.2 Å². The molecule has 0 aliphatic heterocycles. The van der Waals surface area contributed by atoms with Crippen molar-refractivity contribution in [1.82, 2.24) is 0 Å². The molecule has 120 valence electrons. The fourth-order valence-electron chi connectivity index (χ4n) is 3.65. The monoisotopic (exact) mass is 314 g/mol. The first kappa shape index (κ1) is 15.0. The summed E-state index contributed by atoms with van der Waals surface area (Å²) in [5, 5.41) is 0. The minimum Gasteiger partial charge on any atom is -0.462 e. The average Bonchev–Trinajstić information content (AvgIpc) is 3.16. The molecule has 4 rings (SSSR count). The summed E-state index contributed by atoms with van der Waals surface area (Å²) in [6, 6.07) is 15.3. The Morgan fingerprint density at radius 1 is 0.833 bits per heavy atom. The highest BCUT2D eigenvalue weighted by atomic mass is 16.3. The fourth-order valence-corrected chi connectivity index (χ4v) is 3.65. The molecule has 0 saturated heterocycles. The Labute approximate surface area is 143 Å². The molecule has 1 aliphatic rings. The Morgan fingerprint density at radius 3 is 2.38 bits per heavy atom. The van der Waals surface area contributed by atoms with Gasteiger partial charge in [0, 0.05) is 6.42 Å². The van der Waals surface area contributed by atoms with Crippen molar-refractivity contribution in [2.75, 3.05) is 0 Å². The molecule has 1 heteroatoms. The normalized spacial score (nSPS) is 13.1. The summed E-state index contributed by atoms with van der Waals surface area (Å²) in [4.78, 5) is 0. The molecule has 2 aromatic carbocycles. The lowest BCUT2D eigenvalue weighted by atomic mass is 9.89. The highest BCUT2D eigenvalue weighted by Crippen LogP contribution is 2.40. The maximum Gasteiger partial charge on any atom is 0.130 e. The third kappa shape index (κ3) is 2.41. The SMILES string of the molecule is Cc1ccc(C)c(-c2c(C)ccc3c2C=C(c2ccc(C)o2)C3)c1. The van der Waals surface area contributed by atoms with Gasteiger partial charge in [0.25, 0.3) is 0 Å². The second-order valence-electron chi connectivity index (χ2n) is 6.91. The molecular formula is C23H22O. The first-order chi connectivity index (χ1) is 11.5. The van der Waals surface area contributed by atoms with E-state index in [1.165, 1.54) is 44.5 Å². The van der Waals surface area contributed by atoms with Gasteiger partial charge in [-0.2, -0.15) is 0 Å². The van der Waals surface area contributed by atoms with Crippen molar-refractivity contribution in [3.8, 4) is 11.1 Å². The minimum atomic E-state index is 0.945. The smallest absolute Gasteiger partial charge is 0.130 e. The quantitative estimate of drug-likeness (QED) is 0.543. The Kier molecular flexibility index (Phi) is 3.45. The number of furan rings is 1. The van der Waals surface area contributed by atoms with Crippen LogP contribution in [0.1, 0.15) is 39.3 Å². The van der Waals surface area contributed by atoms with Crippen molar-refractivity contribution in [3.05, 3.63) is 81.8 Å². The lowest BCUT2D eigenvalue weighted by molar-refractivity contribution is 0.521. The van der Waals surface area contributed by atoms with Crippen LogP contribution in [0.15, 0.2) is 46.9 Å². The Bertz CT molecular complexity index is 970. The van der Waals surface area contributed by atoms with Gasteiger partial charge in [-0.25, -0.2) is 0 Å². The lowest BCUT2D eigenvalue weighted by Crippen LogP contribution is -1.94. The van der Waals surface area contributed by atoms with E-state index < -0.39 is 0 Å². The number of allylic oxidation sites excluding steroid dienone is 1. The zero-order valence-electron chi connectivity index (χ0n) is 14.7. The van der Waals surface area contributed by atoms with Crippen molar-refractivity contribution in [1.29, 1.82) is 0 Å². The largest absolute Gasteiger partial charge is 0.462 e. The van der Waals surface area contributed by atoms with Gasteiger partial charge in [0.1, 0.15) is 11.5 Å². The van der Waals surface area contributed by atoms with Crippen LogP contribution in [-0.2, 0) is 6.42 Å². The van der Waals surface area contributed by atoms with Crippen LogP contribution in [0.2, 0.25) is 0 Å². The van der Waals surface area contributed by atoms with E-state index in [0.717, 1.165) is 17.9 Å². The first-order valence-electron chi connectivity index (χ1n) is 8.50. The van der Waals surface area contributed by atoms with Gasteiger partial charge in [-0.05, 0) is 84.9 Å². The summed E-state index contributed by atoms with van der Waals surface area (Å²) in [6.45, 7) is 8.56. The first-order valence-corrected chi connectivity index (χ1v) is 8.50. The van der Waals surface area contributed by atoms with Gasteiger partial charge in [-0.15, -0.1) is 0 Å². The van der Waals surface area contributed by atoms with Gasteiger partial charge >= 0.3 is 0 Å². The third-order valence-corrected chi connectivity index (χ3v) is 4.96. The molecule has 0 N–H and O–H groups in total. The molecule has 0 amide bonds. The van der Waals surface area contributed by atoms with E-state index in [-0.39, 0.29) is 0 Å². The topological polar surface area (TPSA) is 13.1 Å². The standard InChI is InChI=1S/C23H22O/c1-14-5-6-15(2)20(11-14)23-16(3)7-9-18-12-19(13-21(18)23)22-10-8-17(4)24-22/h5-11,13H,12H2,1-4H3. The summed E-state index contributed by atoms with van der Waals surface area (Å²) in [7, 11) is 0. The maximum absolute atomic E-state index is 5.85. The molecule has 1 aromatic heterocycles. The van der Waals surface area contributed by atoms with Crippen LogP contribution in [-0.4, -0.2) is 0 Å². The fraction of sp³-hybridized carbons (Fsp3) is 0.217. The van der Waals surface area contributed by atoms with Gasteiger partial charge in [-0.1, -0.05) is 35.9 Å². The van der Waals surface area contributed by atoms with Gasteiger partial charge in [-0.3, -0.25) is 0 Å². The second-order valence-corrected chi connectivity index (χ2v) is 6.91. The van der Waals surface area contributed by atoms with Crippen LogP contribution >= 0.6 is 0 Å². The Balaban J connectivity index is 1.91. The molecule has 0 atom stereocenters. The maximum atomic E-state index is 5.85. The van der Waals surface area contributed by atoms with Gasteiger partial charge in [0.2, 0.25) is 0 Å². The molecule has 0 unspecified atom stereocenters. The van der Waals surface area contributed by atoms with Crippen LogP contribution in [0.3, 0.4) is 0 Å². The second kappa shape index (κ2) is 5.52. The van der Waals surface area contributed by atoms with Crippen molar-refractivity contribution in [2.45, 2.75) is 34.1 Å². The minimum absolute atomic E-state index is 0.945. The number of hydrogen-bond donors (Lipinski definition) is 0. The lowest BCUT2D eigenvalue weighted by Gasteiger charge is -2.15. The molecular weight excluding hydrogens is 292 g/mol. The highest BCUT2D eigenvalue weighted by Gasteiger charge is 2.21. The molecule has 3 aromatic rings. The van der Waals surface area contributed by atoms with E-state index >= 15 is 0 Å². The predicted octanol–water partition coefficient (Wildman–Crippen LogP) is 6.28. The van der Waals surface area contributed by atoms with Gasteiger partial charge < -0.3 is 4.42 Å². The van der Waals surface area contributed by atoms with Crippen molar-refractivity contribution in [2.24, 2.45) is 0 Å². The number of rotatable bonds is 2. The Hall–Kier alpha value is -2.54. The molecule has 24 heavy (non-hydrogen) atoms. The molecule has 0 bridgehead atoms. The highest BCUT2D eigenvalue weighted by molar-refractivity contribution is 5.94. The molecule has 0 spiro atoms. The predicted molar refractivity (Wildman–Crippen MR) is 101 cm³/mol. The number of benzene rings is 2. The number of aryl methyl sites for hydroxylation is 4. The summed E-state index contributed by atoms with van der Waals surface area (Å²) < 4.78 is 5.85. The summed E-state index contributed by atoms with van der Waals surface area (Å²) in [5.41, 5.74) is 10.7. The molecule has 1 nitrogen and oxygen atoms in total. The number of hydrogen-bond acceptors (Lipinski definition) is 1. The summed E-state index contributed by atoms with van der Waals surface area (Å²) in [5.74, 6) is 1.96. The van der Waals surface area contributed by atoms with Crippen LogP contribution in [0.5, 0.6) is 0 Å². The number of fused-ring (bicyclic) bond motifs is 1. The van der Waals surface area contributed by atoms with Gasteiger partial charge in [0.05, 0.1) is 0 Å². The molecule has 1 aliphatic carbocycles. The molecule has 0 saturated carbocycles. The van der Waals surface area contributed by atoms with Crippen molar-refractivity contribution in [3.63, 3.8) is 0 Å². The summed E-state index contributed by atoms with van der Waals surface area (Å²) in [6.07, 6.45) is 3.26. The van der Waals surface area contributed by atoms with Crippen LogP contribution < -0.4 is 0 Å². The van der Waals surface area contributed by atoms with Crippen LogP contribution in [0, 0.1) is 27.7 Å². The molecule has 1 heterocycles. The van der Waals surface area contributed by atoms with E-state index in [1.54, 1.807) is 0 Å².